The standard InChI is InChI=1S/C18H22O5/c1-2-3-11-23-18(22)13-16(20)12-15(19)9-10-17(21)14-7-5-4-6-8-14/h4-10,15,19H,2-3,11-13H2,1H3/b10-9+/t15-/m1/s1. The highest BCUT2D eigenvalue weighted by Crippen LogP contribution is 2.04. The van der Waals surface area contributed by atoms with Crippen molar-refractivity contribution in [3.63, 3.8) is 0 Å². The third kappa shape index (κ3) is 8.07. The largest absolute Gasteiger partial charge is 0.465 e. The Morgan fingerprint density at radius 3 is 2.57 bits per heavy atom. The topological polar surface area (TPSA) is 80.7 Å². The van der Waals surface area contributed by atoms with Gasteiger partial charge in [0, 0.05) is 12.0 Å². The third-order valence-electron chi connectivity index (χ3n) is 3.07. The molecule has 0 unspecified atom stereocenters. The maximum absolute atomic E-state index is 11.8. The minimum Gasteiger partial charge on any atom is -0.465 e. The maximum atomic E-state index is 11.8. The summed E-state index contributed by atoms with van der Waals surface area (Å²) in [6.07, 6.45) is 2.47. The Kier molecular flexibility index (Phi) is 8.54. The lowest BCUT2D eigenvalue weighted by Crippen LogP contribution is -2.17. The molecule has 5 heteroatoms. The summed E-state index contributed by atoms with van der Waals surface area (Å²) >= 11 is 0. The van der Waals surface area contributed by atoms with Crippen LogP contribution in [0.2, 0.25) is 0 Å². The Labute approximate surface area is 136 Å². The van der Waals surface area contributed by atoms with E-state index in [1.165, 1.54) is 12.2 Å². The van der Waals surface area contributed by atoms with Gasteiger partial charge in [0.2, 0.25) is 0 Å². The van der Waals surface area contributed by atoms with Gasteiger partial charge in [0.1, 0.15) is 12.2 Å². The molecule has 0 radical (unpaired) electrons. The fraction of sp³-hybridized carbons (Fsp3) is 0.389. The molecule has 0 heterocycles. The van der Waals surface area contributed by atoms with Crippen LogP contribution in [0.3, 0.4) is 0 Å². The predicted molar refractivity (Wildman–Crippen MR) is 86.0 cm³/mol. The van der Waals surface area contributed by atoms with Crippen LogP contribution in [0.1, 0.15) is 43.0 Å². The van der Waals surface area contributed by atoms with E-state index in [1.54, 1.807) is 30.3 Å². The summed E-state index contributed by atoms with van der Waals surface area (Å²) < 4.78 is 4.88. The van der Waals surface area contributed by atoms with E-state index in [2.05, 4.69) is 0 Å². The van der Waals surface area contributed by atoms with Gasteiger partial charge in [0.25, 0.3) is 0 Å². The monoisotopic (exact) mass is 318 g/mol. The lowest BCUT2D eigenvalue weighted by Gasteiger charge is -2.05. The van der Waals surface area contributed by atoms with Gasteiger partial charge in [-0.05, 0) is 12.5 Å². The highest BCUT2D eigenvalue weighted by atomic mass is 16.5. The van der Waals surface area contributed by atoms with Crippen LogP contribution in [0.15, 0.2) is 42.5 Å². The quantitative estimate of drug-likeness (QED) is 0.236. The number of benzene rings is 1. The van der Waals surface area contributed by atoms with Gasteiger partial charge in [-0.3, -0.25) is 14.4 Å². The van der Waals surface area contributed by atoms with Crippen LogP contribution in [0, 0.1) is 0 Å². The van der Waals surface area contributed by atoms with Crippen LogP contribution < -0.4 is 0 Å². The van der Waals surface area contributed by atoms with Crippen molar-refractivity contribution < 1.29 is 24.2 Å². The van der Waals surface area contributed by atoms with E-state index in [4.69, 9.17) is 4.74 Å². The van der Waals surface area contributed by atoms with Crippen molar-refractivity contribution in [1.29, 1.82) is 0 Å². The number of allylic oxidation sites excluding steroid dienone is 1. The first-order valence-corrected chi connectivity index (χ1v) is 7.66. The Balaban J connectivity index is 2.36. The molecule has 1 rings (SSSR count). The molecule has 1 atom stereocenters. The molecule has 0 aromatic heterocycles. The Hall–Kier alpha value is -2.27. The van der Waals surface area contributed by atoms with Gasteiger partial charge >= 0.3 is 5.97 Å². The van der Waals surface area contributed by atoms with E-state index in [9.17, 15) is 19.5 Å². The number of aliphatic hydroxyl groups is 1. The van der Waals surface area contributed by atoms with Gasteiger partial charge in [-0.15, -0.1) is 0 Å². The van der Waals surface area contributed by atoms with Crippen molar-refractivity contribution in [2.24, 2.45) is 0 Å². The minimum absolute atomic E-state index is 0.221. The molecule has 0 saturated carbocycles. The van der Waals surface area contributed by atoms with Gasteiger partial charge in [0.15, 0.2) is 5.78 Å². The Bertz CT molecular complexity index is 548. The van der Waals surface area contributed by atoms with Crippen molar-refractivity contribution in [3.05, 3.63) is 48.0 Å². The molecule has 1 N–H and O–H groups in total. The van der Waals surface area contributed by atoms with E-state index < -0.39 is 17.9 Å². The van der Waals surface area contributed by atoms with E-state index in [-0.39, 0.29) is 18.6 Å². The molecule has 1 aromatic rings. The zero-order chi connectivity index (χ0) is 17.1. The Morgan fingerprint density at radius 2 is 1.91 bits per heavy atom. The van der Waals surface area contributed by atoms with E-state index in [0.29, 0.717) is 12.2 Å². The first-order valence-electron chi connectivity index (χ1n) is 7.66. The van der Waals surface area contributed by atoms with Crippen LogP contribution in [0.4, 0.5) is 0 Å². The first-order chi connectivity index (χ1) is 11.0. The normalized spacial score (nSPS) is 12.1. The Morgan fingerprint density at radius 1 is 1.22 bits per heavy atom. The molecular formula is C18H22O5. The minimum atomic E-state index is -1.10. The molecule has 0 aliphatic heterocycles. The average molecular weight is 318 g/mol. The second-order valence-electron chi connectivity index (χ2n) is 5.15. The molecule has 0 saturated heterocycles. The number of carbonyl (C=O) groups excluding carboxylic acids is 3. The van der Waals surface area contributed by atoms with E-state index in [0.717, 1.165) is 12.8 Å². The highest BCUT2D eigenvalue weighted by Gasteiger charge is 2.14. The number of rotatable bonds is 10. The number of hydrogen-bond donors (Lipinski definition) is 1. The average Bonchev–Trinajstić information content (AvgIpc) is 2.53. The number of Topliss-reactive ketones (excluding diaryl/α,β-unsaturated/α-hetero) is 1. The molecule has 0 aliphatic rings. The summed E-state index contributed by atoms with van der Waals surface area (Å²) in [6.45, 7) is 2.27. The number of carbonyl (C=O) groups is 3. The predicted octanol–water partition coefficient (Wildman–Crippen LogP) is 2.48. The molecule has 0 spiro atoms. The van der Waals surface area contributed by atoms with Crippen molar-refractivity contribution in [2.75, 3.05) is 6.61 Å². The summed E-state index contributed by atoms with van der Waals surface area (Å²) in [5.41, 5.74) is 0.502. The molecule has 124 valence electrons. The lowest BCUT2D eigenvalue weighted by atomic mass is 10.1. The van der Waals surface area contributed by atoms with Gasteiger partial charge in [-0.1, -0.05) is 49.8 Å². The number of hydrogen-bond acceptors (Lipinski definition) is 5. The van der Waals surface area contributed by atoms with E-state index in [1.807, 2.05) is 6.92 Å². The fourth-order valence-electron chi connectivity index (χ4n) is 1.81. The second-order valence-corrected chi connectivity index (χ2v) is 5.15. The molecule has 23 heavy (non-hydrogen) atoms. The third-order valence-corrected chi connectivity index (χ3v) is 3.07. The second kappa shape index (κ2) is 10.5. The number of ether oxygens (including phenoxy) is 1. The SMILES string of the molecule is CCCCOC(=O)CC(=O)C[C@H](O)/C=C/C(=O)c1ccccc1. The molecule has 0 fully saturated rings. The van der Waals surface area contributed by atoms with Gasteiger partial charge in [-0.25, -0.2) is 0 Å². The molecule has 0 bridgehead atoms. The van der Waals surface area contributed by atoms with Crippen LogP contribution in [-0.2, 0) is 14.3 Å². The molecule has 0 aliphatic carbocycles. The smallest absolute Gasteiger partial charge is 0.313 e. The van der Waals surface area contributed by atoms with Crippen LogP contribution in [0.25, 0.3) is 0 Å². The zero-order valence-electron chi connectivity index (χ0n) is 13.2. The number of unbranched alkanes of at least 4 members (excludes halogenated alkanes) is 1. The van der Waals surface area contributed by atoms with Crippen molar-refractivity contribution in [2.45, 2.75) is 38.7 Å². The van der Waals surface area contributed by atoms with Crippen LogP contribution in [-0.4, -0.2) is 35.4 Å². The van der Waals surface area contributed by atoms with Gasteiger partial charge < -0.3 is 9.84 Å². The van der Waals surface area contributed by atoms with E-state index >= 15 is 0 Å². The summed E-state index contributed by atoms with van der Waals surface area (Å²) in [6, 6.07) is 8.61. The summed E-state index contributed by atoms with van der Waals surface area (Å²) in [4.78, 5) is 34.8. The van der Waals surface area contributed by atoms with Gasteiger partial charge in [-0.2, -0.15) is 0 Å². The van der Waals surface area contributed by atoms with Crippen molar-refractivity contribution in [1.82, 2.24) is 0 Å². The fourth-order valence-corrected chi connectivity index (χ4v) is 1.81. The number of ketones is 2. The maximum Gasteiger partial charge on any atom is 0.313 e. The first kappa shape index (κ1) is 18.8. The molecular weight excluding hydrogens is 296 g/mol. The van der Waals surface area contributed by atoms with Crippen LogP contribution >= 0.6 is 0 Å². The zero-order valence-corrected chi connectivity index (χ0v) is 13.2. The molecule has 1 aromatic carbocycles. The summed E-state index contributed by atoms with van der Waals surface area (Å²) in [5, 5.41) is 9.73. The molecule has 0 amide bonds. The molecule has 5 nitrogen and oxygen atoms in total. The lowest BCUT2D eigenvalue weighted by molar-refractivity contribution is -0.146. The summed E-state index contributed by atoms with van der Waals surface area (Å²) in [5.74, 6) is -1.26. The highest BCUT2D eigenvalue weighted by molar-refractivity contribution is 6.04. The number of aliphatic hydroxyl groups excluding tert-OH is 1. The summed E-state index contributed by atoms with van der Waals surface area (Å²) in [7, 11) is 0. The van der Waals surface area contributed by atoms with Crippen LogP contribution in [0.5, 0.6) is 0 Å². The van der Waals surface area contributed by atoms with Crippen molar-refractivity contribution in [3.8, 4) is 0 Å². The van der Waals surface area contributed by atoms with Crippen molar-refractivity contribution >= 4 is 17.5 Å². The number of esters is 1. The van der Waals surface area contributed by atoms with Gasteiger partial charge in [0.05, 0.1) is 12.7 Å².